The molecule has 354 valence electrons. The van der Waals surface area contributed by atoms with Crippen LogP contribution in [-0.2, 0) is 52.2 Å². The molecule has 0 aromatic carbocycles. The molecule has 0 aromatic heterocycles. The molecule has 14 heteroatoms. The van der Waals surface area contributed by atoms with Crippen molar-refractivity contribution in [2.75, 3.05) is 20.8 Å². The highest BCUT2D eigenvalue weighted by Crippen LogP contribution is 2.47. The SMILES string of the molecule is CCC(C)[C@H]1O[C@]2(C=C[C@@H]1C)C[C@@H]1C[C@@H](CC=C(C)[C@@H](O[C@H]3C[C@H](OC)[C@@H](O[C@H]4C[C@H](OC)C(C)(N)[C@H](C)O4)[C@H](C)O3)C(C)C=CC=C3CO[C@@H]4[C@H](O)C(C)=C[C@@H](C(=O)O1)[C@]34O)O2. The third kappa shape index (κ3) is 9.76. The van der Waals surface area contributed by atoms with E-state index in [0.29, 0.717) is 43.3 Å². The minimum absolute atomic E-state index is 0.0366. The lowest BCUT2D eigenvalue weighted by Crippen LogP contribution is -2.63. The molecule has 1 spiro atoms. The molecule has 0 radical (unpaired) electrons. The number of fused-ring (bicyclic) bond motifs is 2. The number of aliphatic hydroxyl groups excluding tert-OH is 1. The molecule has 4 fully saturated rings. The van der Waals surface area contributed by atoms with Crippen molar-refractivity contribution in [1.29, 1.82) is 0 Å². The zero-order valence-electron chi connectivity index (χ0n) is 39.3. The Balaban J connectivity index is 1.18. The summed E-state index contributed by atoms with van der Waals surface area (Å²) in [5.74, 6) is -2.54. The maximum Gasteiger partial charge on any atom is 0.316 e. The number of esters is 1. The molecule has 63 heavy (non-hydrogen) atoms. The second-order valence-electron chi connectivity index (χ2n) is 19.7. The van der Waals surface area contributed by atoms with Crippen molar-refractivity contribution in [3.05, 3.63) is 59.3 Å². The summed E-state index contributed by atoms with van der Waals surface area (Å²) >= 11 is 0. The first-order valence-electron chi connectivity index (χ1n) is 23.3. The summed E-state index contributed by atoms with van der Waals surface area (Å²) in [4.78, 5) is 14.4. The molecule has 2 bridgehead atoms. The lowest BCUT2D eigenvalue weighted by molar-refractivity contribution is -0.315. The van der Waals surface area contributed by atoms with E-state index in [2.05, 4.69) is 46.8 Å². The average molecular weight is 886 g/mol. The summed E-state index contributed by atoms with van der Waals surface area (Å²) in [6, 6.07) is 0. The van der Waals surface area contributed by atoms with Crippen LogP contribution in [0.25, 0.3) is 0 Å². The third-order valence-corrected chi connectivity index (χ3v) is 15.2. The van der Waals surface area contributed by atoms with Gasteiger partial charge in [0.15, 0.2) is 18.4 Å². The number of carbonyl (C=O) groups excluding carboxylic acids is 1. The second kappa shape index (κ2) is 19.5. The van der Waals surface area contributed by atoms with E-state index in [-0.39, 0.29) is 54.9 Å². The van der Waals surface area contributed by atoms with Crippen LogP contribution in [0.15, 0.2) is 59.3 Å². The van der Waals surface area contributed by atoms with Crippen LogP contribution in [0.5, 0.6) is 0 Å². The zero-order chi connectivity index (χ0) is 45.6. The number of hydrogen-bond donors (Lipinski definition) is 3. The molecule has 4 saturated heterocycles. The van der Waals surface area contributed by atoms with Gasteiger partial charge >= 0.3 is 5.97 Å². The summed E-state index contributed by atoms with van der Waals surface area (Å²) in [7, 11) is 3.33. The first-order chi connectivity index (χ1) is 29.8. The molecular formula is C49H75NO13. The molecule has 7 rings (SSSR count). The molecule has 6 aliphatic heterocycles. The summed E-state index contributed by atoms with van der Waals surface area (Å²) in [6.07, 6.45) is 10.0. The Morgan fingerprint density at radius 1 is 0.952 bits per heavy atom. The van der Waals surface area contributed by atoms with Crippen LogP contribution < -0.4 is 5.73 Å². The number of methoxy groups -OCH3 is 2. The summed E-state index contributed by atoms with van der Waals surface area (Å²) in [5, 5.41) is 23.7. The van der Waals surface area contributed by atoms with Crippen molar-refractivity contribution in [3.63, 3.8) is 0 Å². The van der Waals surface area contributed by atoms with Gasteiger partial charge in [-0.2, -0.15) is 0 Å². The first-order valence-corrected chi connectivity index (χ1v) is 23.3. The molecule has 6 heterocycles. The van der Waals surface area contributed by atoms with Gasteiger partial charge in [0.1, 0.15) is 35.9 Å². The molecule has 3 unspecified atom stereocenters. The topological polar surface area (TPSA) is 176 Å². The van der Waals surface area contributed by atoms with E-state index < -0.39 is 78.0 Å². The second-order valence-corrected chi connectivity index (χ2v) is 19.7. The Kier molecular flexibility index (Phi) is 15.0. The van der Waals surface area contributed by atoms with Crippen molar-refractivity contribution in [2.45, 2.75) is 197 Å². The number of ether oxygens (including phenoxy) is 10. The van der Waals surface area contributed by atoms with Gasteiger partial charge in [0.2, 0.25) is 0 Å². The van der Waals surface area contributed by atoms with Gasteiger partial charge in [-0.1, -0.05) is 70.6 Å². The fourth-order valence-electron chi connectivity index (χ4n) is 10.8. The van der Waals surface area contributed by atoms with Crippen molar-refractivity contribution in [2.24, 2.45) is 29.4 Å². The Morgan fingerprint density at radius 2 is 1.70 bits per heavy atom. The Labute approximate surface area is 374 Å². The van der Waals surface area contributed by atoms with E-state index in [1.165, 1.54) is 0 Å². The number of hydrogen-bond acceptors (Lipinski definition) is 14. The molecule has 7 aliphatic rings. The van der Waals surface area contributed by atoms with Crippen LogP contribution in [0, 0.1) is 23.7 Å². The quantitative estimate of drug-likeness (QED) is 0.199. The number of carbonyl (C=O) groups is 1. The van der Waals surface area contributed by atoms with Gasteiger partial charge in [0, 0.05) is 51.7 Å². The van der Waals surface area contributed by atoms with E-state index in [4.69, 9.17) is 53.1 Å². The van der Waals surface area contributed by atoms with Gasteiger partial charge < -0.3 is 63.3 Å². The molecule has 1 aliphatic carbocycles. The molecule has 4 N–H and O–H groups in total. The number of aliphatic hydroxyl groups is 2. The van der Waals surface area contributed by atoms with Crippen molar-refractivity contribution in [1.82, 2.24) is 0 Å². The lowest BCUT2D eigenvalue weighted by Gasteiger charge is -2.48. The maximum atomic E-state index is 14.4. The van der Waals surface area contributed by atoms with Crippen LogP contribution in [0.1, 0.15) is 101 Å². The van der Waals surface area contributed by atoms with Crippen LogP contribution in [0.3, 0.4) is 0 Å². The molecule has 20 atom stereocenters. The number of rotatable bonds is 8. The van der Waals surface area contributed by atoms with E-state index >= 15 is 0 Å². The molecule has 0 aromatic rings. The number of nitrogens with two attached hydrogens (primary N) is 1. The molecule has 0 amide bonds. The predicted octanol–water partition coefficient (Wildman–Crippen LogP) is 5.73. The van der Waals surface area contributed by atoms with Gasteiger partial charge in [-0.25, -0.2) is 0 Å². The van der Waals surface area contributed by atoms with Crippen LogP contribution in [-0.4, -0.2) is 134 Å². The standard InChI is InChI=1S/C49H75NO13/c1-12-26(2)43-29(5)18-19-48(63-43)24-35-21-34(62-48)17-16-28(4)42(27(3)14-13-15-33-25-56-45-41(51)30(6)20-36(46(52)59-35)49(33,45)53)60-39-22-37(54-10)44(31(7)57-39)61-40-23-38(55-11)47(9,50)32(8)58-40/h13-16,18-20,26-27,29,31-32,34-45,51,53H,12,17,21-25,50H2,1-11H3/t26?,27?,29-,31-,32-,34+,35-,36-,37-,38-,39-,40-,41+,42-,43+,44-,45+,47?,48+,49+/m0/s1. The van der Waals surface area contributed by atoms with Gasteiger partial charge in [-0.15, -0.1) is 0 Å². The zero-order valence-corrected chi connectivity index (χ0v) is 39.3. The third-order valence-electron chi connectivity index (χ3n) is 15.2. The Morgan fingerprint density at radius 3 is 2.41 bits per heavy atom. The molecule has 14 nitrogen and oxygen atoms in total. The highest BCUT2D eigenvalue weighted by molar-refractivity contribution is 5.78. The Bertz CT molecular complexity index is 1780. The summed E-state index contributed by atoms with van der Waals surface area (Å²) < 4.78 is 64.4. The lowest BCUT2D eigenvalue weighted by atomic mass is 9.71. The fourth-order valence-corrected chi connectivity index (χ4v) is 10.8. The monoisotopic (exact) mass is 886 g/mol. The number of allylic oxidation sites excluding steroid dienone is 2. The normalized spacial score (nSPS) is 47.6. The van der Waals surface area contributed by atoms with Gasteiger partial charge in [-0.3, -0.25) is 4.79 Å². The average Bonchev–Trinajstić information content (AvgIpc) is 3.58. The minimum atomic E-state index is -1.83. The highest BCUT2D eigenvalue weighted by atomic mass is 16.7. The predicted molar refractivity (Wildman–Crippen MR) is 234 cm³/mol. The van der Waals surface area contributed by atoms with Crippen LogP contribution in [0.4, 0.5) is 0 Å². The molecule has 0 saturated carbocycles. The molecular weight excluding hydrogens is 811 g/mol. The smallest absolute Gasteiger partial charge is 0.316 e. The van der Waals surface area contributed by atoms with Crippen LogP contribution >= 0.6 is 0 Å². The van der Waals surface area contributed by atoms with Gasteiger partial charge in [0.25, 0.3) is 0 Å². The van der Waals surface area contributed by atoms with Gasteiger partial charge in [0.05, 0.1) is 54.9 Å². The van der Waals surface area contributed by atoms with E-state index in [1.54, 1.807) is 33.3 Å². The first kappa shape index (κ1) is 48.6. The van der Waals surface area contributed by atoms with Gasteiger partial charge in [-0.05, 0) is 69.8 Å². The van der Waals surface area contributed by atoms with Crippen LogP contribution in [0.2, 0.25) is 0 Å². The fraction of sp³-hybridized carbons (Fsp3) is 0.776. The maximum absolute atomic E-state index is 14.4. The Hall–Kier alpha value is -2.31. The van der Waals surface area contributed by atoms with E-state index in [1.807, 2.05) is 39.0 Å². The summed E-state index contributed by atoms with van der Waals surface area (Å²) in [6.45, 7) is 18.2. The van der Waals surface area contributed by atoms with Crippen molar-refractivity contribution < 1.29 is 62.4 Å². The van der Waals surface area contributed by atoms with Crippen molar-refractivity contribution >= 4 is 5.97 Å². The largest absolute Gasteiger partial charge is 0.462 e. The minimum Gasteiger partial charge on any atom is -0.462 e. The summed E-state index contributed by atoms with van der Waals surface area (Å²) in [5.41, 5.74) is 6.05. The van der Waals surface area contributed by atoms with E-state index in [0.717, 1.165) is 12.0 Å². The van der Waals surface area contributed by atoms with E-state index in [9.17, 15) is 15.0 Å². The highest BCUT2D eigenvalue weighted by Gasteiger charge is 2.60. The van der Waals surface area contributed by atoms with Crippen molar-refractivity contribution in [3.8, 4) is 0 Å².